The molecular weight excluding hydrogens is 208 g/mol. The van der Waals surface area contributed by atoms with Crippen molar-refractivity contribution in [1.29, 1.82) is 0 Å². The van der Waals surface area contributed by atoms with Crippen molar-refractivity contribution in [3.63, 3.8) is 0 Å². The van der Waals surface area contributed by atoms with Crippen LogP contribution in [-0.4, -0.2) is 13.1 Å². The minimum absolute atomic E-state index is 0.367. The molecule has 1 fully saturated rings. The lowest BCUT2D eigenvalue weighted by atomic mass is 9.98. The Kier molecular flexibility index (Phi) is 3.13. The van der Waals surface area contributed by atoms with Gasteiger partial charge in [-0.05, 0) is 37.3 Å². The molecule has 16 heavy (non-hydrogen) atoms. The first-order valence-electron chi connectivity index (χ1n) is 5.79. The summed E-state index contributed by atoms with van der Waals surface area (Å²) in [4.78, 5) is 1.94. The molecule has 0 atom stereocenters. The molecule has 0 aromatic heterocycles. The summed E-state index contributed by atoms with van der Waals surface area (Å²) in [5.74, 6) is -0.722. The lowest BCUT2D eigenvalue weighted by Crippen LogP contribution is -2.33. The van der Waals surface area contributed by atoms with Crippen molar-refractivity contribution < 1.29 is 8.78 Å². The van der Waals surface area contributed by atoms with Crippen LogP contribution in [0.2, 0.25) is 0 Å². The maximum atomic E-state index is 13.7. The van der Waals surface area contributed by atoms with Crippen LogP contribution in [0.15, 0.2) is 12.1 Å². The van der Waals surface area contributed by atoms with Gasteiger partial charge in [0.2, 0.25) is 0 Å². The smallest absolute Gasteiger partial charge is 0.182 e. The SMILES string of the molecule is Cc1ccc(N2CCC(C)CC2)c(F)c1F. The molecule has 1 aliphatic heterocycles. The molecule has 0 bridgehead atoms. The molecule has 1 nitrogen and oxygen atoms in total. The van der Waals surface area contributed by atoms with E-state index in [0.717, 1.165) is 25.9 Å². The van der Waals surface area contributed by atoms with Gasteiger partial charge >= 0.3 is 0 Å². The van der Waals surface area contributed by atoms with Crippen molar-refractivity contribution >= 4 is 5.69 Å². The van der Waals surface area contributed by atoms with E-state index < -0.39 is 11.6 Å². The summed E-state index contributed by atoms with van der Waals surface area (Å²) in [6.07, 6.45) is 2.10. The summed E-state index contributed by atoms with van der Waals surface area (Å²) in [5.41, 5.74) is 0.779. The van der Waals surface area contributed by atoms with Crippen LogP contribution in [0.4, 0.5) is 14.5 Å². The highest BCUT2D eigenvalue weighted by Gasteiger charge is 2.20. The number of rotatable bonds is 1. The lowest BCUT2D eigenvalue weighted by Gasteiger charge is -2.32. The van der Waals surface area contributed by atoms with Gasteiger partial charge in [-0.1, -0.05) is 13.0 Å². The average Bonchev–Trinajstić information content (AvgIpc) is 2.28. The van der Waals surface area contributed by atoms with E-state index >= 15 is 0 Å². The second-order valence-electron chi connectivity index (χ2n) is 4.70. The van der Waals surface area contributed by atoms with Crippen LogP contribution >= 0.6 is 0 Å². The highest BCUT2D eigenvalue weighted by molar-refractivity contribution is 5.50. The van der Waals surface area contributed by atoms with Crippen LogP contribution in [0.3, 0.4) is 0 Å². The maximum absolute atomic E-state index is 13.7. The first-order valence-corrected chi connectivity index (χ1v) is 5.79. The van der Waals surface area contributed by atoms with Gasteiger partial charge in [-0.3, -0.25) is 0 Å². The Hall–Kier alpha value is -1.12. The zero-order valence-corrected chi connectivity index (χ0v) is 9.76. The molecule has 0 amide bonds. The number of benzene rings is 1. The number of anilines is 1. The molecule has 1 aliphatic rings. The fraction of sp³-hybridized carbons (Fsp3) is 0.538. The molecule has 0 aliphatic carbocycles. The van der Waals surface area contributed by atoms with E-state index in [1.807, 2.05) is 4.90 Å². The van der Waals surface area contributed by atoms with E-state index in [0.29, 0.717) is 17.2 Å². The number of aryl methyl sites for hydroxylation is 1. The van der Waals surface area contributed by atoms with Crippen molar-refractivity contribution in [2.24, 2.45) is 5.92 Å². The highest BCUT2D eigenvalue weighted by Crippen LogP contribution is 2.27. The molecule has 1 aromatic carbocycles. The fourth-order valence-electron chi connectivity index (χ4n) is 2.13. The van der Waals surface area contributed by atoms with Gasteiger partial charge in [0, 0.05) is 13.1 Å². The summed E-state index contributed by atoms with van der Waals surface area (Å²) < 4.78 is 27.1. The summed E-state index contributed by atoms with van der Waals surface area (Å²) in [5, 5.41) is 0. The van der Waals surface area contributed by atoms with Crippen molar-refractivity contribution in [3.05, 3.63) is 29.3 Å². The predicted molar refractivity (Wildman–Crippen MR) is 61.7 cm³/mol. The Morgan fingerprint density at radius 2 is 1.75 bits per heavy atom. The van der Waals surface area contributed by atoms with Gasteiger partial charge in [0.1, 0.15) is 0 Å². The summed E-state index contributed by atoms with van der Waals surface area (Å²) in [6, 6.07) is 3.33. The summed E-state index contributed by atoms with van der Waals surface area (Å²) in [6.45, 7) is 5.42. The van der Waals surface area contributed by atoms with Crippen LogP contribution in [-0.2, 0) is 0 Å². The second-order valence-corrected chi connectivity index (χ2v) is 4.70. The summed E-state index contributed by atoms with van der Waals surface area (Å²) >= 11 is 0. The standard InChI is InChI=1S/C13H17F2N/c1-9-5-7-16(8-6-9)11-4-3-10(2)12(14)13(11)15/h3-4,9H,5-8H2,1-2H3. The third kappa shape index (κ3) is 2.04. The minimum atomic E-state index is -0.712. The van der Waals surface area contributed by atoms with Gasteiger partial charge in [-0.2, -0.15) is 0 Å². The van der Waals surface area contributed by atoms with E-state index in [1.54, 1.807) is 19.1 Å². The fourth-order valence-corrected chi connectivity index (χ4v) is 2.13. The summed E-state index contributed by atoms with van der Waals surface area (Å²) in [7, 11) is 0. The molecule has 3 heteroatoms. The second kappa shape index (κ2) is 4.40. The van der Waals surface area contributed by atoms with Crippen LogP contribution < -0.4 is 4.90 Å². The molecule has 0 radical (unpaired) electrons. The molecule has 0 saturated carbocycles. The Bertz CT molecular complexity index is 382. The zero-order chi connectivity index (χ0) is 11.7. The zero-order valence-electron chi connectivity index (χ0n) is 9.76. The molecule has 1 aromatic rings. The van der Waals surface area contributed by atoms with E-state index in [9.17, 15) is 8.78 Å². The molecule has 0 N–H and O–H groups in total. The maximum Gasteiger partial charge on any atom is 0.182 e. The number of halogens is 2. The van der Waals surface area contributed by atoms with Gasteiger partial charge in [0.25, 0.3) is 0 Å². The molecule has 1 saturated heterocycles. The third-order valence-corrected chi connectivity index (χ3v) is 3.38. The molecule has 88 valence electrons. The van der Waals surface area contributed by atoms with E-state index in [2.05, 4.69) is 6.92 Å². The number of hydrogen-bond donors (Lipinski definition) is 0. The molecule has 2 rings (SSSR count). The Balaban J connectivity index is 2.24. The van der Waals surface area contributed by atoms with E-state index in [-0.39, 0.29) is 0 Å². The minimum Gasteiger partial charge on any atom is -0.369 e. The number of nitrogens with zero attached hydrogens (tertiary/aromatic N) is 1. The highest BCUT2D eigenvalue weighted by atomic mass is 19.2. The number of hydrogen-bond acceptors (Lipinski definition) is 1. The Morgan fingerprint density at radius 1 is 1.12 bits per heavy atom. The van der Waals surface area contributed by atoms with E-state index in [1.165, 1.54) is 0 Å². The predicted octanol–water partition coefficient (Wildman–Crippen LogP) is 3.51. The van der Waals surface area contributed by atoms with Crippen molar-refractivity contribution in [1.82, 2.24) is 0 Å². The molecule has 0 unspecified atom stereocenters. The van der Waals surface area contributed by atoms with Crippen LogP contribution in [0.5, 0.6) is 0 Å². The van der Waals surface area contributed by atoms with Gasteiger partial charge in [0.15, 0.2) is 11.6 Å². The number of piperidine rings is 1. The van der Waals surface area contributed by atoms with Crippen LogP contribution in [0.25, 0.3) is 0 Å². The van der Waals surface area contributed by atoms with E-state index in [4.69, 9.17) is 0 Å². The van der Waals surface area contributed by atoms with Gasteiger partial charge in [-0.15, -0.1) is 0 Å². The topological polar surface area (TPSA) is 3.24 Å². The van der Waals surface area contributed by atoms with Crippen molar-refractivity contribution in [3.8, 4) is 0 Å². The first kappa shape index (κ1) is 11.4. The van der Waals surface area contributed by atoms with Crippen LogP contribution in [0.1, 0.15) is 25.3 Å². The quantitative estimate of drug-likeness (QED) is 0.707. The van der Waals surface area contributed by atoms with Gasteiger partial charge < -0.3 is 4.90 Å². The van der Waals surface area contributed by atoms with Crippen LogP contribution in [0, 0.1) is 24.5 Å². The van der Waals surface area contributed by atoms with Gasteiger partial charge in [0.05, 0.1) is 5.69 Å². The molecule has 0 spiro atoms. The average molecular weight is 225 g/mol. The first-order chi connectivity index (χ1) is 7.59. The third-order valence-electron chi connectivity index (χ3n) is 3.38. The molecular formula is C13H17F2N. The van der Waals surface area contributed by atoms with Gasteiger partial charge in [-0.25, -0.2) is 8.78 Å². The monoisotopic (exact) mass is 225 g/mol. The largest absolute Gasteiger partial charge is 0.369 e. The normalized spacial score (nSPS) is 17.9. The molecule has 1 heterocycles. The Morgan fingerprint density at radius 3 is 2.38 bits per heavy atom. The Labute approximate surface area is 95.1 Å². The van der Waals surface area contributed by atoms with Crippen molar-refractivity contribution in [2.75, 3.05) is 18.0 Å². The van der Waals surface area contributed by atoms with Crippen molar-refractivity contribution in [2.45, 2.75) is 26.7 Å². The lowest BCUT2D eigenvalue weighted by molar-refractivity contribution is 0.430.